The van der Waals surface area contributed by atoms with Crippen molar-refractivity contribution in [1.29, 1.82) is 5.26 Å². The van der Waals surface area contributed by atoms with Crippen molar-refractivity contribution >= 4 is 39.1 Å². The van der Waals surface area contributed by atoms with E-state index in [1.54, 1.807) is 54.0 Å². The molecule has 0 aliphatic rings. The van der Waals surface area contributed by atoms with Gasteiger partial charge in [0.15, 0.2) is 0 Å². The van der Waals surface area contributed by atoms with Crippen LogP contribution in [0.1, 0.15) is 22.0 Å². The summed E-state index contributed by atoms with van der Waals surface area (Å²) >= 11 is 2.89. The molecule has 1 amide bonds. The van der Waals surface area contributed by atoms with Gasteiger partial charge in [-0.3, -0.25) is 4.79 Å². The highest BCUT2D eigenvalue weighted by Crippen LogP contribution is 2.31. The van der Waals surface area contributed by atoms with E-state index < -0.39 is 0 Å². The topological polar surface area (TPSA) is 132 Å². The van der Waals surface area contributed by atoms with Gasteiger partial charge in [0.25, 0.3) is 5.19 Å². The zero-order chi connectivity index (χ0) is 26.8. The Bertz CT molecular complexity index is 1630. The van der Waals surface area contributed by atoms with E-state index in [2.05, 4.69) is 20.2 Å². The molecule has 0 N–H and O–H groups in total. The fourth-order valence-corrected chi connectivity index (χ4v) is 5.39. The van der Waals surface area contributed by atoms with Crippen molar-refractivity contribution in [3.63, 3.8) is 0 Å². The van der Waals surface area contributed by atoms with Crippen LogP contribution >= 0.6 is 22.7 Å². The lowest BCUT2D eigenvalue weighted by atomic mass is 10.3. The summed E-state index contributed by atoms with van der Waals surface area (Å²) in [5.41, 5.74) is 2.90. The molecule has 0 saturated carbocycles. The first kappa shape index (κ1) is 25.4. The Balaban J connectivity index is 1.34. The zero-order valence-corrected chi connectivity index (χ0v) is 22.8. The number of imidazole rings is 1. The highest BCUT2D eigenvalue weighted by Gasteiger charge is 2.17. The van der Waals surface area contributed by atoms with Gasteiger partial charge in [-0.1, -0.05) is 0 Å². The largest absolute Gasteiger partial charge is 0.495 e. The van der Waals surface area contributed by atoms with Gasteiger partial charge >= 0.3 is 0 Å². The molecule has 38 heavy (non-hydrogen) atoms. The SMILES string of the molecule is COc1cc(OCc2nc(CCC(=O)N(C)CC#N)sc2C)c2cc(-c3cn4nc(OC)sc4n3)nn2c1. The number of hydrogen-bond acceptors (Lipinski definition) is 11. The standard InChI is InChI=1S/C24H24N8O4S2/c1-14-18(26-21(37-14)5-6-22(33)30(2)8-7-25)13-36-20-9-15(34-3)11-31-19(20)10-16(28-31)17-12-32-23(27-17)38-24(29-32)35-4/h9-12H,5-6,8,13H2,1-4H3. The first-order valence-corrected chi connectivity index (χ1v) is 13.2. The minimum atomic E-state index is -0.0833. The average Bonchev–Trinajstić information content (AvgIpc) is 3.67. The molecule has 0 aliphatic heterocycles. The second-order valence-corrected chi connectivity index (χ2v) is 10.5. The van der Waals surface area contributed by atoms with Crippen molar-refractivity contribution < 1.29 is 19.0 Å². The van der Waals surface area contributed by atoms with Gasteiger partial charge in [-0.15, -0.1) is 16.4 Å². The predicted octanol–water partition coefficient (Wildman–Crippen LogP) is 3.38. The highest BCUT2D eigenvalue weighted by atomic mass is 32.1. The summed E-state index contributed by atoms with van der Waals surface area (Å²) < 4.78 is 20.2. The second kappa shape index (κ2) is 10.6. The van der Waals surface area contributed by atoms with Gasteiger partial charge in [-0.05, 0) is 24.3 Å². The van der Waals surface area contributed by atoms with Crippen LogP contribution in [0.25, 0.3) is 21.9 Å². The van der Waals surface area contributed by atoms with Crippen molar-refractivity contribution in [3.05, 3.63) is 40.1 Å². The van der Waals surface area contributed by atoms with Crippen LogP contribution in [0, 0.1) is 18.3 Å². The first-order chi connectivity index (χ1) is 18.4. The maximum absolute atomic E-state index is 12.2. The van der Waals surface area contributed by atoms with Crippen molar-refractivity contribution in [2.75, 3.05) is 27.8 Å². The minimum Gasteiger partial charge on any atom is -0.495 e. The molecule has 0 spiro atoms. The van der Waals surface area contributed by atoms with Gasteiger partial charge in [-0.2, -0.15) is 10.4 Å². The number of carbonyl (C=O) groups excluding carboxylic acids is 1. The minimum absolute atomic E-state index is 0.0742. The molecule has 0 fully saturated rings. The van der Waals surface area contributed by atoms with Gasteiger partial charge in [0.05, 0.1) is 43.4 Å². The molecular weight excluding hydrogens is 528 g/mol. The van der Waals surface area contributed by atoms with Crippen LogP contribution in [-0.4, -0.2) is 67.8 Å². The third-order valence-corrected chi connectivity index (χ3v) is 7.75. The van der Waals surface area contributed by atoms with E-state index in [9.17, 15) is 4.79 Å². The van der Waals surface area contributed by atoms with Crippen LogP contribution in [0.5, 0.6) is 16.7 Å². The van der Waals surface area contributed by atoms with E-state index in [-0.39, 0.29) is 19.1 Å². The number of carbonyl (C=O) groups is 1. The number of amides is 1. The van der Waals surface area contributed by atoms with Gasteiger partial charge in [0, 0.05) is 30.8 Å². The number of hydrogen-bond donors (Lipinski definition) is 0. The quantitative estimate of drug-likeness (QED) is 0.239. The van der Waals surface area contributed by atoms with Crippen LogP contribution in [0.3, 0.4) is 0 Å². The number of pyridine rings is 1. The normalized spacial score (nSPS) is 11.1. The number of nitriles is 1. The Kier molecular flexibility index (Phi) is 7.12. The summed E-state index contributed by atoms with van der Waals surface area (Å²) in [5, 5.41) is 19.1. The molecule has 14 heteroatoms. The summed E-state index contributed by atoms with van der Waals surface area (Å²) in [7, 11) is 4.78. The maximum Gasteiger partial charge on any atom is 0.294 e. The smallest absolute Gasteiger partial charge is 0.294 e. The van der Waals surface area contributed by atoms with E-state index in [1.807, 2.05) is 25.1 Å². The molecule has 0 unspecified atom stereocenters. The summed E-state index contributed by atoms with van der Waals surface area (Å²) in [6.07, 6.45) is 4.39. The van der Waals surface area contributed by atoms with Gasteiger partial charge < -0.3 is 19.1 Å². The lowest BCUT2D eigenvalue weighted by Crippen LogP contribution is -2.27. The molecule has 0 aliphatic carbocycles. The lowest BCUT2D eigenvalue weighted by molar-refractivity contribution is -0.129. The van der Waals surface area contributed by atoms with Crippen molar-refractivity contribution in [2.24, 2.45) is 0 Å². The zero-order valence-electron chi connectivity index (χ0n) is 21.2. The summed E-state index contributed by atoms with van der Waals surface area (Å²) in [4.78, 5) is 24.6. The van der Waals surface area contributed by atoms with E-state index in [0.717, 1.165) is 21.1 Å². The van der Waals surface area contributed by atoms with E-state index in [4.69, 9.17) is 19.5 Å². The first-order valence-electron chi connectivity index (χ1n) is 11.6. The van der Waals surface area contributed by atoms with Crippen molar-refractivity contribution in [2.45, 2.75) is 26.4 Å². The highest BCUT2D eigenvalue weighted by molar-refractivity contribution is 7.18. The molecular formula is C24H24N8O4S2. The second-order valence-electron chi connectivity index (χ2n) is 8.34. The fraction of sp³-hybridized carbons (Fsp3) is 0.333. The van der Waals surface area contributed by atoms with Gasteiger partial charge in [0.2, 0.25) is 10.9 Å². The van der Waals surface area contributed by atoms with Crippen LogP contribution in [0.15, 0.2) is 24.5 Å². The van der Waals surface area contributed by atoms with Crippen LogP contribution in [0.2, 0.25) is 0 Å². The molecule has 5 aromatic heterocycles. The van der Waals surface area contributed by atoms with Gasteiger partial charge in [0.1, 0.15) is 41.6 Å². The molecule has 0 bridgehead atoms. The Morgan fingerprint density at radius 3 is 2.68 bits per heavy atom. The Hall–Kier alpha value is -4.22. The molecule has 12 nitrogen and oxygen atoms in total. The average molecular weight is 553 g/mol. The summed E-state index contributed by atoms with van der Waals surface area (Å²) in [6.45, 7) is 2.30. The Labute approximate surface area is 225 Å². The van der Waals surface area contributed by atoms with Crippen LogP contribution < -0.4 is 14.2 Å². The summed E-state index contributed by atoms with van der Waals surface area (Å²) in [6, 6.07) is 5.70. The number of ether oxygens (including phenoxy) is 3. The predicted molar refractivity (Wildman–Crippen MR) is 141 cm³/mol. The summed E-state index contributed by atoms with van der Waals surface area (Å²) in [5.74, 6) is 1.10. The van der Waals surface area contributed by atoms with Gasteiger partial charge in [-0.25, -0.2) is 19.0 Å². The molecule has 5 aromatic rings. The molecule has 196 valence electrons. The monoisotopic (exact) mass is 552 g/mol. The fourth-order valence-electron chi connectivity index (χ4n) is 3.75. The molecule has 0 saturated heterocycles. The number of aryl methyl sites for hydroxylation is 2. The number of rotatable bonds is 10. The number of thiazole rings is 1. The number of nitrogens with zero attached hydrogens (tertiary/aromatic N) is 8. The molecule has 5 rings (SSSR count). The maximum atomic E-state index is 12.2. The van der Waals surface area contributed by atoms with Crippen molar-refractivity contribution in [3.8, 4) is 34.1 Å². The van der Waals surface area contributed by atoms with E-state index in [0.29, 0.717) is 45.9 Å². The third-order valence-electron chi connectivity index (χ3n) is 5.80. The van der Waals surface area contributed by atoms with E-state index >= 15 is 0 Å². The van der Waals surface area contributed by atoms with E-state index in [1.165, 1.54) is 16.2 Å². The van der Waals surface area contributed by atoms with Crippen LogP contribution in [0.4, 0.5) is 0 Å². The Morgan fingerprint density at radius 2 is 1.95 bits per heavy atom. The number of fused-ring (bicyclic) bond motifs is 2. The number of aromatic nitrogens is 6. The lowest BCUT2D eigenvalue weighted by Gasteiger charge is -2.11. The van der Waals surface area contributed by atoms with Crippen molar-refractivity contribution in [1.82, 2.24) is 34.1 Å². The van der Waals surface area contributed by atoms with Crippen LogP contribution in [-0.2, 0) is 17.8 Å². The third kappa shape index (κ3) is 5.11. The number of methoxy groups -OCH3 is 2. The molecule has 5 heterocycles. The molecule has 0 aromatic carbocycles. The molecule has 0 radical (unpaired) electrons. The Morgan fingerprint density at radius 1 is 1.11 bits per heavy atom. The molecule has 0 atom stereocenters.